The van der Waals surface area contributed by atoms with Gasteiger partial charge < -0.3 is 10.0 Å². The van der Waals surface area contributed by atoms with Crippen molar-refractivity contribution in [2.24, 2.45) is 0 Å². The molecule has 1 aromatic carbocycles. The zero-order valence-corrected chi connectivity index (χ0v) is 14.3. The van der Waals surface area contributed by atoms with Crippen molar-refractivity contribution in [3.8, 4) is 0 Å². The van der Waals surface area contributed by atoms with Crippen molar-refractivity contribution in [1.29, 1.82) is 0 Å². The molecule has 1 unspecified atom stereocenters. The third kappa shape index (κ3) is 3.31. The highest BCUT2D eigenvalue weighted by molar-refractivity contribution is 6.09. The Hall–Kier alpha value is -2.95. The monoisotopic (exact) mass is 336 g/mol. The molecule has 2 aromatic rings. The quantitative estimate of drug-likeness (QED) is 0.612. The average Bonchev–Trinajstić information content (AvgIpc) is 2.95. The van der Waals surface area contributed by atoms with Crippen molar-refractivity contribution in [2.45, 2.75) is 18.9 Å². The number of hydrogen-bond acceptors (Lipinski definition) is 4. The Kier molecular flexibility index (Phi) is 4.65. The van der Waals surface area contributed by atoms with Crippen molar-refractivity contribution in [1.82, 2.24) is 0 Å². The number of aromatic nitrogens is 1. The first-order valence-corrected chi connectivity index (χ1v) is 8.19. The summed E-state index contributed by atoms with van der Waals surface area (Å²) in [6.07, 6.45) is 3.85. The van der Waals surface area contributed by atoms with Gasteiger partial charge in [-0.05, 0) is 6.42 Å². The van der Waals surface area contributed by atoms with E-state index in [1.807, 2.05) is 37.2 Å². The van der Waals surface area contributed by atoms with Gasteiger partial charge in [-0.3, -0.25) is 9.59 Å². The number of ketones is 2. The number of carbonyl (C=O) groups is 2. The number of carbonyl (C=O) groups excluding carboxylic acids is 2. The third-order valence-corrected chi connectivity index (χ3v) is 4.41. The molecule has 3 rings (SSSR count). The fourth-order valence-corrected chi connectivity index (χ4v) is 3.03. The zero-order chi connectivity index (χ0) is 18.0. The molecular formula is C20H20N2O3. The van der Waals surface area contributed by atoms with Gasteiger partial charge in [0.2, 0.25) is 11.8 Å². The van der Waals surface area contributed by atoms with Crippen LogP contribution in [0.4, 0.5) is 5.69 Å². The topological polar surface area (TPSA) is 64.3 Å². The van der Waals surface area contributed by atoms with Crippen LogP contribution in [0, 0.1) is 0 Å². The van der Waals surface area contributed by atoms with Crippen molar-refractivity contribution in [3.05, 3.63) is 71.8 Å². The highest BCUT2D eigenvalue weighted by Gasteiger charge is 2.38. The van der Waals surface area contributed by atoms with E-state index in [2.05, 4.69) is 0 Å². The molecule has 1 aromatic heterocycles. The summed E-state index contributed by atoms with van der Waals surface area (Å²) in [5, 5.41) is 12.3. The van der Waals surface area contributed by atoms with Gasteiger partial charge in [0.1, 0.15) is 0 Å². The number of rotatable bonds is 5. The first-order valence-electron chi connectivity index (χ1n) is 8.19. The lowest BCUT2D eigenvalue weighted by molar-refractivity contribution is -0.699. The fourth-order valence-electron chi connectivity index (χ4n) is 3.03. The van der Waals surface area contributed by atoms with E-state index < -0.39 is 6.04 Å². The molecule has 0 spiro atoms. The molecule has 25 heavy (non-hydrogen) atoms. The summed E-state index contributed by atoms with van der Waals surface area (Å²) in [5.41, 5.74) is 1.55. The minimum atomic E-state index is -0.916. The summed E-state index contributed by atoms with van der Waals surface area (Å²) in [6, 6.07) is 11.6. The summed E-state index contributed by atoms with van der Waals surface area (Å²) in [5.74, 6) is -0.714. The second-order valence-corrected chi connectivity index (χ2v) is 6.29. The Balaban J connectivity index is 2.08. The lowest BCUT2D eigenvalue weighted by Crippen LogP contribution is -2.46. The summed E-state index contributed by atoms with van der Waals surface area (Å²) in [7, 11) is 3.84. The van der Waals surface area contributed by atoms with Crippen LogP contribution in [0.1, 0.15) is 29.2 Å². The zero-order valence-electron chi connectivity index (χ0n) is 14.3. The number of nitrogens with zero attached hydrogens (tertiary/aromatic N) is 2. The maximum atomic E-state index is 13.1. The van der Waals surface area contributed by atoms with E-state index in [1.165, 1.54) is 0 Å². The van der Waals surface area contributed by atoms with Gasteiger partial charge in [0, 0.05) is 43.9 Å². The van der Waals surface area contributed by atoms with Gasteiger partial charge in [-0.25, -0.2) is 0 Å². The van der Waals surface area contributed by atoms with Gasteiger partial charge in [0.15, 0.2) is 18.2 Å². The Morgan fingerprint density at radius 1 is 1.08 bits per heavy atom. The molecule has 0 saturated carbocycles. The van der Waals surface area contributed by atoms with E-state index in [1.54, 1.807) is 41.2 Å². The van der Waals surface area contributed by atoms with Crippen LogP contribution in [0.5, 0.6) is 0 Å². The molecule has 0 N–H and O–H groups in total. The molecule has 0 bridgehead atoms. The van der Waals surface area contributed by atoms with E-state index in [-0.39, 0.29) is 35.7 Å². The SMILES string of the molecule is CN(C)c1cc[n+](C(C(=O)c2ccccc2)C2=C([O-])CCC2=O)cc1. The van der Waals surface area contributed by atoms with Crippen LogP contribution in [-0.4, -0.2) is 25.7 Å². The molecule has 1 aliphatic rings. The third-order valence-electron chi connectivity index (χ3n) is 4.41. The van der Waals surface area contributed by atoms with Crippen LogP contribution < -0.4 is 14.6 Å². The standard InChI is InChI=1S/C20H20N2O3/c1-21(2)15-10-12-22(13-11-15)19(18-16(23)8-9-17(18)24)20(25)14-6-4-3-5-7-14/h3-7,10-13,19H,8-9H2,1-2H3. The van der Waals surface area contributed by atoms with Crippen molar-refractivity contribution in [3.63, 3.8) is 0 Å². The Labute approximate surface area is 146 Å². The molecule has 5 heteroatoms. The molecule has 1 aliphatic carbocycles. The maximum Gasteiger partial charge on any atom is 0.248 e. The molecule has 1 atom stereocenters. The molecule has 1 heterocycles. The molecule has 128 valence electrons. The Morgan fingerprint density at radius 2 is 1.72 bits per heavy atom. The average molecular weight is 336 g/mol. The second kappa shape index (κ2) is 6.89. The molecule has 5 nitrogen and oxygen atoms in total. The van der Waals surface area contributed by atoms with E-state index in [0.29, 0.717) is 5.56 Å². The van der Waals surface area contributed by atoms with E-state index in [9.17, 15) is 14.7 Å². The summed E-state index contributed by atoms with van der Waals surface area (Å²) in [6.45, 7) is 0. The van der Waals surface area contributed by atoms with Crippen LogP contribution in [0.15, 0.2) is 66.2 Å². The molecule has 0 saturated heterocycles. The van der Waals surface area contributed by atoms with Crippen LogP contribution >= 0.6 is 0 Å². The van der Waals surface area contributed by atoms with E-state index in [4.69, 9.17) is 0 Å². The summed E-state index contributed by atoms with van der Waals surface area (Å²) >= 11 is 0. The maximum absolute atomic E-state index is 13.1. The Bertz CT molecular complexity index is 824. The number of anilines is 1. The Morgan fingerprint density at radius 3 is 2.24 bits per heavy atom. The minimum absolute atomic E-state index is 0.0939. The molecule has 0 radical (unpaired) electrons. The van der Waals surface area contributed by atoms with Gasteiger partial charge in [-0.15, -0.1) is 5.76 Å². The lowest BCUT2D eigenvalue weighted by Gasteiger charge is -2.17. The number of pyridine rings is 1. The summed E-state index contributed by atoms with van der Waals surface area (Å²) < 4.78 is 1.65. The van der Waals surface area contributed by atoms with Gasteiger partial charge in [0.05, 0.1) is 5.57 Å². The van der Waals surface area contributed by atoms with Crippen LogP contribution in [0.2, 0.25) is 0 Å². The van der Waals surface area contributed by atoms with Gasteiger partial charge in [-0.2, -0.15) is 4.57 Å². The first-order chi connectivity index (χ1) is 12.0. The van der Waals surface area contributed by atoms with Crippen LogP contribution in [0.25, 0.3) is 0 Å². The molecule has 0 fully saturated rings. The molecular weight excluding hydrogens is 316 g/mol. The largest absolute Gasteiger partial charge is 0.875 e. The second-order valence-electron chi connectivity index (χ2n) is 6.29. The molecule has 0 amide bonds. The van der Waals surface area contributed by atoms with Crippen molar-refractivity contribution in [2.75, 3.05) is 19.0 Å². The lowest BCUT2D eigenvalue weighted by atomic mass is 9.95. The fraction of sp³-hybridized carbons (Fsp3) is 0.250. The highest BCUT2D eigenvalue weighted by Crippen LogP contribution is 2.28. The predicted molar refractivity (Wildman–Crippen MR) is 92.0 cm³/mol. The molecule has 0 aliphatic heterocycles. The van der Waals surface area contributed by atoms with Crippen LogP contribution in [0.3, 0.4) is 0 Å². The van der Waals surface area contributed by atoms with Gasteiger partial charge >= 0.3 is 0 Å². The minimum Gasteiger partial charge on any atom is -0.875 e. The normalized spacial score (nSPS) is 15.4. The van der Waals surface area contributed by atoms with E-state index >= 15 is 0 Å². The first kappa shape index (κ1) is 16.9. The smallest absolute Gasteiger partial charge is 0.248 e. The predicted octanol–water partition coefficient (Wildman–Crippen LogP) is 1.44. The van der Waals surface area contributed by atoms with Gasteiger partial charge in [0.25, 0.3) is 0 Å². The number of allylic oxidation sites excluding steroid dienone is 2. The highest BCUT2D eigenvalue weighted by atomic mass is 16.3. The van der Waals surface area contributed by atoms with Gasteiger partial charge in [-0.1, -0.05) is 30.3 Å². The van der Waals surface area contributed by atoms with E-state index in [0.717, 1.165) is 5.69 Å². The van der Waals surface area contributed by atoms with Crippen molar-refractivity contribution < 1.29 is 19.3 Å². The number of Topliss-reactive ketones (excluding diaryl/α,β-unsaturated/α-hetero) is 2. The van der Waals surface area contributed by atoms with Crippen LogP contribution in [-0.2, 0) is 4.79 Å². The summed E-state index contributed by atoms with van der Waals surface area (Å²) in [4.78, 5) is 27.3. The van der Waals surface area contributed by atoms with Crippen molar-refractivity contribution >= 4 is 17.3 Å². The number of hydrogen-bond donors (Lipinski definition) is 0. The number of benzene rings is 1.